The van der Waals surface area contributed by atoms with Crippen LogP contribution in [-0.4, -0.2) is 0 Å². The SMILES string of the molecule is C=C1CC2(c3ccccc3Cc3cc(C)ccc32)c2ccc(SC#N)cc21. The van der Waals surface area contributed by atoms with Crippen molar-refractivity contribution in [2.45, 2.75) is 30.1 Å². The van der Waals surface area contributed by atoms with Crippen LogP contribution >= 0.6 is 11.8 Å². The fraction of sp³-hybridized carbons (Fsp3) is 0.160. The zero-order valence-electron chi connectivity index (χ0n) is 15.3. The molecule has 0 aliphatic heterocycles. The summed E-state index contributed by atoms with van der Waals surface area (Å²) in [6.07, 6.45) is 1.88. The smallest absolute Gasteiger partial charge is 0.138 e. The van der Waals surface area contributed by atoms with Gasteiger partial charge in [-0.25, -0.2) is 0 Å². The Morgan fingerprint density at radius 3 is 2.59 bits per heavy atom. The fourth-order valence-electron chi connectivity index (χ4n) is 5.02. The predicted molar refractivity (Wildman–Crippen MR) is 112 cm³/mol. The summed E-state index contributed by atoms with van der Waals surface area (Å²) in [6, 6.07) is 22.2. The Kier molecular flexibility index (Phi) is 3.57. The Hall–Kier alpha value is -2.76. The summed E-state index contributed by atoms with van der Waals surface area (Å²) in [5, 5.41) is 11.2. The highest BCUT2D eigenvalue weighted by atomic mass is 32.2. The molecule has 0 N–H and O–H groups in total. The largest absolute Gasteiger partial charge is 0.185 e. The molecule has 0 fully saturated rings. The van der Waals surface area contributed by atoms with Crippen LogP contribution in [0.5, 0.6) is 0 Å². The molecular weight excluding hydrogens is 346 g/mol. The number of hydrogen-bond donors (Lipinski definition) is 0. The summed E-state index contributed by atoms with van der Waals surface area (Å²) < 4.78 is 0. The van der Waals surface area contributed by atoms with Crippen molar-refractivity contribution in [3.63, 3.8) is 0 Å². The van der Waals surface area contributed by atoms with Crippen LogP contribution in [0, 0.1) is 17.6 Å². The summed E-state index contributed by atoms with van der Waals surface area (Å²) in [5.41, 5.74) is 10.5. The van der Waals surface area contributed by atoms with Crippen LogP contribution in [0.15, 0.2) is 72.1 Å². The monoisotopic (exact) mass is 365 g/mol. The first kappa shape index (κ1) is 16.4. The molecule has 2 aliphatic rings. The van der Waals surface area contributed by atoms with E-state index >= 15 is 0 Å². The van der Waals surface area contributed by atoms with Gasteiger partial charge in [0.05, 0.1) is 5.41 Å². The van der Waals surface area contributed by atoms with Crippen LogP contribution in [0.25, 0.3) is 5.57 Å². The van der Waals surface area contributed by atoms with E-state index in [1.165, 1.54) is 50.7 Å². The molecule has 0 amide bonds. The molecule has 5 rings (SSSR count). The fourth-order valence-corrected chi connectivity index (χ4v) is 5.44. The number of allylic oxidation sites excluding steroid dienone is 1. The van der Waals surface area contributed by atoms with Gasteiger partial charge >= 0.3 is 0 Å². The number of benzene rings is 3. The lowest BCUT2D eigenvalue weighted by Crippen LogP contribution is -2.32. The first-order valence-electron chi connectivity index (χ1n) is 9.20. The number of thiocyanates is 1. The second kappa shape index (κ2) is 5.87. The predicted octanol–water partition coefficient (Wildman–Crippen LogP) is 6.22. The zero-order valence-corrected chi connectivity index (χ0v) is 16.1. The first-order valence-corrected chi connectivity index (χ1v) is 10.0. The van der Waals surface area contributed by atoms with E-state index < -0.39 is 0 Å². The number of hydrogen-bond acceptors (Lipinski definition) is 2. The van der Waals surface area contributed by atoms with Gasteiger partial charge in [-0.3, -0.25) is 0 Å². The van der Waals surface area contributed by atoms with Gasteiger partial charge < -0.3 is 0 Å². The lowest BCUT2D eigenvalue weighted by Gasteiger charge is -2.39. The van der Waals surface area contributed by atoms with Crippen molar-refractivity contribution in [3.05, 3.63) is 106 Å². The molecule has 0 saturated heterocycles. The van der Waals surface area contributed by atoms with Crippen molar-refractivity contribution in [1.82, 2.24) is 0 Å². The average Bonchev–Trinajstić information content (AvgIpc) is 2.95. The number of nitrogens with zero attached hydrogens (tertiary/aromatic N) is 1. The molecule has 1 spiro atoms. The third-order valence-corrected chi connectivity index (χ3v) is 6.63. The normalized spacial score (nSPS) is 19.3. The molecule has 0 radical (unpaired) electrons. The Morgan fingerprint density at radius 2 is 1.74 bits per heavy atom. The minimum absolute atomic E-state index is 0.167. The van der Waals surface area contributed by atoms with Gasteiger partial charge in [-0.05, 0) is 82.6 Å². The molecule has 0 bridgehead atoms. The molecule has 3 aromatic carbocycles. The van der Waals surface area contributed by atoms with Crippen molar-refractivity contribution in [1.29, 1.82) is 5.26 Å². The standard InChI is InChI=1S/C25H19NS/c1-16-7-9-23-19(11-16)12-18-5-3-4-6-22(18)25(23)14-17(2)21-13-20(27-15-26)8-10-24(21)25/h3-11,13H,2,12,14H2,1H3. The maximum atomic E-state index is 9.05. The molecule has 1 unspecified atom stereocenters. The summed E-state index contributed by atoms with van der Waals surface area (Å²) in [5.74, 6) is 0. The molecule has 0 aromatic heterocycles. The van der Waals surface area contributed by atoms with E-state index in [2.05, 4.69) is 79.6 Å². The summed E-state index contributed by atoms with van der Waals surface area (Å²) in [4.78, 5) is 0.989. The molecule has 1 atom stereocenters. The number of nitriles is 1. The van der Waals surface area contributed by atoms with Crippen molar-refractivity contribution >= 4 is 17.3 Å². The van der Waals surface area contributed by atoms with E-state index in [1.54, 1.807) is 0 Å². The lowest BCUT2D eigenvalue weighted by atomic mass is 9.63. The quantitative estimate of drug-likeness (QED) is 0.377. The highest BCUT2D eigenvalue weighted by Gasteiger charge is 2.47. The second-order valence-electron chi connectivity index (χ2n) is 7.58. The minimum Gasteiger partial charge on any atom is -0.185 e. The Balaban J connectivity index is 1.84. The lowest BCUT2D eigenvalue weighted by molar-refractivity contribution is 0.630. The molecule has 3 aromatic rings. The van der Waals surface area contributed by atoms with E-state index in [1.807, 2.05) is 0 Å². The number of rotatable bonds is 1. The third-order valence-electron chi connectivity index (χ3n) is 6.05. The molecular formula is C25H19NS. The van der Waals surface area contributed by atoms with Crippen LogP contribution in [0.1, 0.15) is 45.4 Å². The van der Waals surface area contributed by atoms with Crippen LogP contribution in [0.4, 0.5) is 0 Å². The van der Waals surface area contributed by atoms with Crippen molar-refractivity contribution < 1.29 is 0 Å². The van der Waals surface area contributed by atoms with E-state index in [0.717, 1.165) is 23.3 Å². The van der Waals surface area contributed by atoms with Gasteiger partial charge in [0.25, 0.3) is 0 Å². The maximum Gasteiger partial charge on any atom is 0.138 e. The number of aryl methyl sites for hydroxylation is 1. The summed E-state index contributed by atoms with van der Waals surface area (Å²) >= 11 is 1.22. The topological polar surface area (TPSA) is 23.8 Å². The molecule has 1 nitrogen and oxygen atoms in total. The second-order valence-corrected chi connectivity index (χ2v) is 8.44. The molecule has 2 aliphatic carbocycles. The number of thioether (sulfide) groups is 1. The minimum atomic E-state index is -0.167. The Bertz CT molecular complexity index is 1150. The van der Waals surface area contributed by atoms with Crippen LogP contribution in [-0.2, 0) is 11.8 Å². The van der Waals surface area contributed by atoms with Crippen LogP contribution in [0.2, 0.25) is 0 Å². The zero-order chi connectivity index (χ0) is 18.6. The third kappa shape index (κ3) is 2.25. The molecule has 0 heterocycles. The van der Waals surface area contributed by atoms with Crippen molar-refractivity contribution in [2.75, 3.05) is 0 Å². The average molecular weight is 366 g/mol. The van der Waals surface area contributed by atoms with E-state index in [9.17, 15) is 0 Å². The molecule has 130 valence electrons. The summed E-state index contributed by atoms with van der Waals surface area (Å²) in [7, 11) is 0. The van der Waals surface area contributed by atoms with Crippen molar-refractivity contribution in [3.8, 4) is 5.40 Å². The molecule has 0 saturated carbocycles. The van der Waals surface area contributed by atoms with Crippen LogP contribution in [0.3, 0.4) is 0 Å². The van der Waals surface area contributed by atoms with Gasteiger partial charge in [0, 0.05) is 4.90 Å². The molecule has 2 heteroatoms. The highest BCUT2D eigenvalue weighted by Crippen LogP contribution is 2.57. The van der Waals surface area contributed by atoms with Gasteiger partial charge in [-0.1, -0.05) is 60.7 Å². The summed E-state index contributed by atoms with van der Waals surface area (Å²) in [6.45, 7) is 6.58. The maximum absolute atomic E-state index is 9.05. The van der Waals surface area contributed by atoms with Gasteiger partial charge in [0.15, 0.2) is 0 Å². The van der Waals surface area contributed by atoms with Gasteiger partial charge in [0.2, 0.25) is 0 Å². The Morgan fingerprint density at radius 1 is 0.963 bits per heavy atom. The molecule has 27 heavy (non-hydrogen) atoms. The van der Waals surface area contributed by atoms with Crippen LogP contribution < -0.4 is 0 Å². The van der Waals surface area contributed by atoms with E-state index in [-0.39, 0.29) is 5.41 Å². The highest BCUT2D eigenvalue weighted by molar-refractivity contribution is 8.03. The van der Waals surface area contributed by atoms with E-state index in [0.29, 0.717) is 0 Å². The van der Waals surface area contributed by atoms with Gasteiger partial charge in [-0.15, -0.1) is 0 Å². The first-order chi connectivity index (χ1) is 13.1. The van der Waals surface area contributed by atoms with Gasteiger partial charge in [0.1, 0.15) is 5.40 Å². The van der Waals surface area contributed by atoms with E-state index in [4.69, 9.17) is 5.26 Å². The van der Waals surface area contributed by atoms with Gasteiger partial charge in [-0.2, -0.15) is 5.26 Å². The number of fused-ring (bicyclic) bond motifs is 6. The van der Waals surface area contributed by atoms with Crippen molar-refractivity contribution in [2.24, 2.45) is 0 Å². The Labute approximate surface area is 164 Å².